The summed E-state index contributed by atoms with van der Waals surface area (Å²) < 4.78 is 5.45. The minimum Gasteiger partial charge on any atom is -0.381 e. The second-order valence-electron chi connectivity index (χ2n) is 6.90. The van der Waals surface area contributed by atoms with E-state index in [0.29, 0.717) is 11.4 Å². The molecule has 2 aliphatic rings. The molecule has 0 aliphatic carbocycles. The summed E-state index contributed by atoms with van der Waals surface area (Å²) in [6, 6.07) is 7.60. The number of carbonyl (C=O) groups excluding carboxylic acids is 1. The standard InChI is InChI=1S/C19H27ClN2O2/c20-18-4-1-3-17(13-18)14-19(23)22-8-2-7-21(10-11-22)9-5-16-6-12-24-15-16/h1,3-4,13,16H,2,5-12,14-15H2. The SMILES string of the molecule is O=C(Cc1cccc(Cl)c1)N1CCCN(CCC2CCOC2)CC1. The second-order valence-corrected chi connectivity index (χ2v) is 7.34. The smallest absolute Gasteiger partial charge is 0.227 e. The molecule has 0 radical (unpaired) electrons. The zero-order valence-electron chi connectivity index (χ0n) is 14.3. The maximum Gasteiger partial charge on any atom is 0.227 e. The quantitative estimate of drug-likeness (QED) is 0.818. The molecule has 5 heteroatoms. The van der Waals surface area contributed by atoms with Gasteiger partial charge in [0.1, 0.15) is 0 Å². The fourth-order valence-corrected chi connectivity index (χ4v) is 3.77. The summed E-state index contributed by atoms with van der Waals surface area (Å²) in [7, 11) is 0. The van der Waals surface area contributed by atoms with Crippen molar-refractivity contribution in [1.82, 2.24) is 9.80 Å². The minimum atomic E-state index is 0.211. The molecule has 0 aromatic heterocycles. The third-order valence-corrected chi connectivity index (χ3v) is 5.30. The fourth-order valence-electron chi connectivity index (χ4n) is 3.55. The van der Waals surface area contributed by atoms with Gasteiger partial charge in [-0.25, -0.2) is 0 Å². The van der Waals surface area contributed by atoms with Gasteiger partial charge in [0.15, 0.2) is 0 Å². The van der Waals surface area contributed by atoms with Crippen molar-refractivity contribution in [2.45, 2.75) is 25.7 Å². The summed E-state index contributed by atoms with van der Waals surface area (Å²) in [5, 5.41) is 0.693. The molecule has 0 spiro atoms. The number of benzene rings is 1. The van der Waals surface area contributed by atoms with Crippen LogP contribution in [0.1, 0.15) is 24.8 Å². The molecule has 2 fully saturated rings. The fraction of sp³-hybridized carbons (Fsp3) is 0.632. The van der Waals surface area contributed by atoms with Crippen LogP contribution in [0.3, 0.4) is 0 Å². The molecule has 4 nitrogen and oxygen atoms in total. The van der Waals surface area contributed by atoms with Crippen LogP contribution >= 0.6 is 11.6 Å². The van der Waals surface area contributed by atoms with Gasteiger partial charge in [-0.1, -0.05) is 23.7 Å². The molecule has 0 bridgehead atoms. The van der Waals surface area contributed by atoms with Gasteiger partial charge in [-0.05, 0) is 56.0 Å². The Morgan fingerprint density at radius 2 is 2.17 bits per heavy atom. The van der Waals surface area contributed by atoms with Gasteiger partial charge in [-0.2, -0.15) is 0 Å². The van der Waals surface area contributed by atoms with Crippen molar-refractivity contribution in [3.8, 4) is 0 Å². The molecule has 0 N–H and O–H groups in total. The van der Waals surface area contributed by atoms with E-state index in [-0.39, 0.29) is 5.91 Å². The van der Waals surface area contributed by atoms with Gasteiger partial charge in [0.2, 0.25) is 5.91 Å². The van der Waals surface area contributed by atoms with E-state index in [2.05, 4.69) is 4.90 Å². The summed E-state index contributed by atoms with van der Waals surface area (Å²) in [6.07, 6.45) is 3.93. The van der Waals surface area contributed by atoms with Crippen molar-refractivity contribution in [1.29, 1.82) is 0 Å². The van der Waals surface area contributed by atoms with Crippen molar-refractivity contribution in [2.24, 2.45) is 5.92 Å². The molecular weight excluding hydrogens is 324 g/mol. The van der Waals surface area contributed by atoms with Crippen LogP contribution < -0.4 is 0 Å². The van der Waals surface area contributed by atoms with Gasteiger partial charge >= 0.3 is 0 Å². The number of ether oxygens (including phenoxy) is 1. The monoisotopic (exact) mass is 350 g/mol. The number of nitrogens with zero attached hydrogens (tertiary/aromatic N) is 2. The van der Waals surface area contributed by atoms with Crippen LogP contribution in [0.2, 0.25) is 5.02 Å². The molecule has 1 unspecified atom stereocenters. The van der Waals surface area contributed by atoms with E-state index in [1.807, 2.05) is 29.2 Å². The highest BCUT2D eigenvalue weighted by atomic mass is 35.5. The molecule has 132 valence electrons. The zero-order valence-corrected chi connectivity index (χ0v) is 15.0. The first-order chi connectivity index (χ1) is 11.7. The molecule has 2 aliphatic heterocycles. The van der Waals surface area contributed by atoms with Crippen molar-refractivity contribution in [3.63, 3.8) is 0 Å². The van der Waals surface area contributed by atoms with Crippen LogP contribution in [0.4, 0.5) is 0 Å². The summed E-state index contributed by atoms with van der Waals surface area (Å²) in [5.41, 5.74) is 0.995. The van der Waals surface area contributed by atoms with Crippen molar-refractivity contribution >= 4 is 17.5 Å². The van der Waals surface area contributed by atoms with Crippen molar-refractivity contribution < 1.29 is 9.53 Å². The predicted molar refractivity (Wildman–Crippen MR) is 96.3 cm³/mol. The summed E-state index contributed by atoms with van der Waals surface area (Å²) in [5.74, 6) is 0.942. The number of hydrogen-bond acceptors (Lipinski definition) is 3. The molecule has 1 aromatic carbocycles. The van der Waals surface area contributed by atoms with Crippen LogP contribution in [-0.2, 0) is 16.0 Å². The largest absolute Gasteiger partial charge is 0.381 e. The average Bonchev–Trinajstić information content (AvgIpc) is 2.97. The van der Waals surface area contributed by atoms with Crippen LogP contribution in [0.15, 0.2) is 24.3 Å². The third-order valence-electron chi connectivity index (χ3n) is 5.06. The van der Waals surface area contributed by atoms with E-state index in [9.17, 15) is 4.79 Å². The Hall–Kier alpha value is -1.10. The van der Waals surface area contributed by atoms with E-state index in [0.717, 1.165) is 63.8 Å². The number of carbonyl (C=O) groups is 1. The number of amides is 1. The third kappa shape index (κ3) is 5.20. The van der Waals surface area contributed by atoms with E-state index >= 15 is 0 Å². The first kappa shape index (κ1) is 17.7. The number of halogens is 1. The minimum absolute atomic E-state index is 0.211. The van der Waals surface area contributed by atoms with Crippen LogP contribution in [0.25, 0.3) is 0 Å². The Kier molecular flexibility index (Phi) is 6.52. The second kappa shape index (κ2) is 8.84. The lowest BCUT2D eigenvalue weighted by Gasteiger charge is -2.23. The first-order valence-corrected chi connectivity index (χ1v) is 9.41. The maximum absolute atomic E-state index is 12.6. The van der Waals surface area contributed by atoms with Gasteiger partial charge in [0, 0.05) is 37.9 Å². The Morgan fingerprint density at radius 1 is 1.25 bits per heavy atom. The summed E-state index contributed by atoms with van der Waals surface area (Å²) >= 11 is 6.01. The van der Waals surface area contributed by atoms with Gasteiger partial charge in [0.05, 0.1) is 6.42 Å². The lowest BCUT2D eigenvalue weighted by atomic mass is 10.1. The normalized spacial score (nSPS) is 22.5. The molecule has 24 heavy (non-hydrogen) atoms. The predicted octanol–water partition coefficient (Wildman–Crippen LogP) is 2.84. The van der Waals surface area contributed by atoms with Gasteiger partial charge in [-0.3, -0.25) is 4.79 Å². The van der Waals surface area contributed by atoms with Gasteiger partial charge in [0.25, 0.3) is 0 Å². The number of hydrogen-bond donors (Lipinski definition) is 0. The highest BCUT2D eigenvalue weighted by Gasteiger charge is 2.21. The lowest BCUT2D eigenvalue weighted by Crippen LogP contribution is -2.36. The average molecular weight is 351 g/mol. The Labute approximate surface area is 149 Å². The molecule has 2 saturated heterocycles. The van der Waals surface area contributed by atoms with E-state index < -0.39 is 0 Å². The Morgan fingerprint density at radius 3 is 2.96 bits per heavy atom. The van der Waals surface area contributed by atoms with Crippen molar-refractivity contribution in [3.05, 3.63) is 34.9 Å². The zero-order chi connectivity index (χ0) is 16.8. The van der Waals surface area contributed by atoms with Crippen LogP contribution in [0.5, 0.6) is 0 Å². The highest BCUT2D eigenvalue weighted by Crippen LogP contribution is 2.17. The Balaban J connectivity index is 1.44. The van der Waals surface area contributed by atoms with Gasteiger partial charge < -0.3 is 14.5 Å². The summed E-state index contributed by atoms with van der Waals surface area (Å²) in [6.45, 7) is 6.76. The topological polar surface area (TPSA) is 32.8 Å². The summed E-state index contributed by atoms with van der Waals surface area (Å²) in [4.78, 5) is 17.1. The van der Waals surface area contributed by atoms with Gasteiger partial charge in [-0.15, -0.1) is 0 Å². The Bertz CT molecular complexity index is 546. The van der Waals surface area contributed by atoms with E-state index in [4.69, 9.17) is 16.3 Å². The molecule has 2 heterocycles. The van der Waals surface area contributed by atoms with E-state index in [1.165, 1.54) is 12.8 Å². The van der Waals surface area contributed by atoms with Crippen molar-refractivity contribution in [2.75, 3.05) is 45.9 Å². The number of rotatable bonds is 5. The maximum atomic E-state index is 12.6. The molecule has 3 rings (SSSR count). The molecule has 1 aromatic rings. The molecule has 0 saturated carbocycles. The van der Waals surface area contributed by atoms with Crippen LogP contribution in [-0.4, -0.2) is 61.6 Å². The van der Waals surface area contributed by atoms with Crippen LogP contribution in [0, 0.1) is 5.92 Å². The molecular formula is C19H27ClN2O2. The molecule has 1 atom stereocenters. The van der Waals surface area contributed by atoms with E-state index in [1.54, 1.807) is 0 Å². The molecule has 1 amide bonds. The lowest BCUT2D eigenvalue weighted by molar-refractivity contribution is -0.130. The first-order valence-electron chi connectivity index (χ1n) is 9.03. The highest BCUT2D eigenvalue weighted by molar-refractivity contribution is 6.30.